The predicted octanol–water partition coefficient (Wildman–Crippen LogP) is 3.81. The molecule has 1 aromatic heterocycles. The SMILES string of the molecule is CC(C)(C)CCn1ccc(CNC(C)(C)C)c1. The largest absolute Gasteiger partial charge is 0.354 e. The molecule has 1 N–H and O–H groups in total. The Labute approximate surface area is 106 Å². The van der Waals surface area contributed by atoms with Crippen LogP contribution in [0.5, 0.6) is 0 Å². The van der Waals surface area contributed by atoms with Crippen LogP contribution in [0.2, 0.25) is 0 Å². The number of rotatable bonds is 4. The van der Waals surface area contributed by atoms with Crippen molar-refractivity contribution in [3.63, 3.8) is 0 Å². The van der Waals surface area contributed by atoms with Crippen molar-refractivity contribution in [1.29, 1.82) is 0 Å². The number of hydrogen-bond acceptors (Lipinski definition) is 1. The Kier molecular flexibility index (Phi) is 4.42. The van der Waals surface area contributed by atoms with Crippen LogP contribution in [0.3, 0.4) is 0 Å². The quantitative estimate of drug-likeness (QED) is 0.841. The van der Waals surface area contributed by atoms with Crippen molar-refractivity contribution in [2.24, 2.45) is 5.41 Å². The van der Waals surface area contributed by atoms with Crippen molar-refractivity contribution in [3.05, 3.63) is 24.0 Å². The normalized spacial score (nSPS) is 13.1. The highest BCUT2D eigenvalue weighted by molar-refractivity contribution is 5.10. The summed E-state index contributed by atoms with van der Waals surface area (Å²) in [7, 11) is 0. The summed E-state index contributed by atoms with van der Waals surface area (Å²) in [5, 5.41) is 3.51. The first-order valence-corrected chi connectivity index (χ1v) is 6.55. The van der Waals surface area contributed by atoms with E-state index in [0.717, 1.165) is 13.1 Å². The molecule has 2 nitrogen and oxygen atoms in total. The van der Waals surface area contributed by atoms with E-state index in [9.17, 15) is 0 Å². The lowest BCUT2D eigenvalue weighted by molar-refractivity contribution is 0.350. The van der Waals surface area contributed by atoms with Gasteiger partial charge in [0.2, 0.25) is 0 Å². The minimum Gasteiger partial charge on any atom is -0.354 e. The van der Waals surface area contributed by atoms with Gasteiger partial charge in [-0.1, -0.05) is 20.8 Å². The second-order valence-electron chi connectivity index (χ2n) is 7.17. The van der Waals surface area contributed by atoms with Crippen LogP contribution in [0.1, 0.15) is 53.5 Å². The molecule has 0 aliphatic carbocycles. The molecule has 1 aromatic rings. The fourth-order valence-electron chi connectivity index (χ4n) is 1.57. The smallest absolute Gasteiger partial charge is 0.0225 e. The Morgan fingerprint density at radius 2 is 1.76 bits per heavy atom. The number of hydrogen-bond donors (Lipinski definition) is 1. The molecule has 17 heavy (non-hydrogen) atoms. The van der Waals surface area contributed by atoms with Crippen LogP contribution in [-0.4, -0.2) is 10.1 Å². The maximum absolute atomic E-state index is 3.51. The number of nitrogens with zero attached hydrogens (tertiary/aromatic N) is 1. The Hall–Kier alpha value is -0.760. The molecule has 0 unspecified atom stereocenters. The van der Waals surface area contributed by atoms with Gasteiger partial charge >= 0.3 is 0 Å². The lowest BCUT2D eigenvalue weighted by Crippen LogP contribution is -2.34. The van der Waals surface area contributed by atoms with Gasteiger partial charge in [-0.15, -0.1) is 0 Å². The van der Waals surface area contributed by atoms with Crippen molar-refractivity contribution < 1.29 is 0 Å². The van der Waals surface area contributed by atoms with E-state index in [2.05, 4.69) is 69.9 Å². The highest BCUT2D eigenvalue weighted by Gasteiger charge is 2.11. The summed E-state index contributed by atoms with van der Waals surface area (Å²) < 4.78 is 2.30. The van der Waals surface area contributed by atoms with Crippen LogP contribution in [0.15, 0.2) is 18.5 Å². The standard InChI is InChI=1S/C15H28N2/c1-14(2,3)8-10-17-9-7-13(12-17)11-16-15(4,5)6/h7,9,12,16H,8,10-11H2,1-6H3. The molecule has 0 aliphatic heterocycles. The Bertz CT molecular complexity index is 304. The fourth-order valence-corrected chi connectivity index (χ4v) is 1.57. The average Bonchev–Trinajstić information content (AvgIpc) is 2.57. The van der Waals surface area contributed by atoms with E-state index >= 15 is 0 Å². The first-order valence-electron chi connectivity index (χ1n) is 6.55. The maximum atomic E-state index is 3.51. The first kappa shape index (κ1) is 14.3. The van der Waals surface area contributed by atoms with E-state index in [1.165, 1.54) is 12.0 Å². The minimum atomic E-state index is 0.188. The third-order valence-electron chi connectivity index (χ3n) is 2.75. The molecule has 98 valence electrons. The van der Waals surface area contributed by atoms with Crippen molar-refractivity contribution in [1.82, 2.24) is 9.88 Å². The molecule has 2 heteroatoms. The van der Waals surface area contributed by atoms with E-state index in [1.807, 2.05) is 0 Å². The van der Waals surface area contributed by atoms with E-state index in [0.29, 0.717) is 5.41 Å². The van der Waals surface area contributed by atoms with E-state index in [1.54, 1.807) is 0 Å². The molecule has 0 atom stereocenters. The summed E-state index contributed by atoms with van der Waals surface area (Å²) in [6, 6.07) is 2.21. The van der Waals surface area contributed by atoms with Crippen LogP contribution in [-0.2, 0) is 13.1 Å². The Balaban J connectivity index is 2.43. The molecule has 0 saturated heterocycles. The van der Waals surface area contributed by atoms with Crippen LogP contribution >= 0.6 is 0 Å². The van der Waals surface area contributed by atoms with Gasteiger partial charge in [0.25, 0.3) is 0 Å². The van der Waals surface area contributed by atoms with Crippen molar-refractivity contribution in [2.45, 2.75) is 66.6 Å². The van der Waals surface area contributed by atoms with Crippen LogP contribution in [0, 0.1) is 5.41 Å². The lowest BCUT2D eigenvalue weighted by Gasteiger charge is -2.20. The molecule has 0 saturated carbocycles. The van der Waals surface area contributed by atoms with E-state index < -0.39 is 0 Å². The molecule has 0 radical (unpaired) electrons. The van der Waals surface area contributed by atoms with Gasteiger partial charge in [-0.3, -0.25) is 0 Å². The molecular weight excluding hydrogens is 208 g/mol. The summed E-state index contributed by atoms with van der Waals surface area (Å²) in [6.45, 7) is 15.5. The second-order valence-corrected chi connectivity index (χ2v) is 7.17. The topological polar surface area (TPSA) is 17.0 Å². The number of nitrogens with one attached hydrogen (secondary N) is 1. The first-order chi connectivity index (χ1) is 7.66. The van der Waals surface area contributed by atoms with Crippen molar-refractivity contribution >= 4 is 0 Å². The zero-order valence-electron chi connectivity index (χ0n) is 12.3. The van der Waals surface area contributed by atoms with Crippen molar-refractivity contribution in [3.8, 4) is 0 Å². The molecule has 0 spiro atoms. The van der Waals surface area contributed by atoms with E-state index in [-0.39, 0.29) is 5.54 Å². The third-order valence-corrected chi connectivity index (χ3v) is 2.75. The highest BCUT2D eigenvalue weighted by atomic mass is 15.0. The molecule has 1 heterocycles. The predicted molar refractivity (Wildman–Crippen MR) is 75.1 cm³/mol. The van der Waals surface area contributed by atoms with Gasteiger partial charge in [-0.25, -0.2) is 0 Å². The Morgan fingerprint density at radius 1 is 1.12 bits per heavy atom. The Morgan fingerprint density at radius 3 is 2.29 bits per heavy atom. The zero-order valence-corrected chi connectivity index (χ0v) is 12.3. The zero-order chi connectivity index (χ0) is 13.1. The summed E-state index contributed by atoms with van der Waals surface area (Å²) >= 11 is 0. The molecule has 0 aromatic carbocycles. The van der Waals surface area contributed by atoms with E-state index in [4.69, 9.17) is 0 Å². The van der Waals surface area contributed by atoms with Gasteiger partial charge in [0, 0.05) is 31.0 Å². The van der Waals surface area contributed by atoms with Gasteiger partial charge in [0.1, 0.15) is 0 Å². The number of aromatic nitrogens is 1. The minimum absolute atomic E-state index is 0.188. The molecule has 0 bridgehead atoms. The van der Waals surface area contributed by atoms with Gasteiger partial charge in [-0.05, 0) is 44.2 Å². The molecule has 0 amide bonds. The average molecular weight is 236 g/mol. The molecule has 1 rings (SSSR count). The van der Waals surface area contributed by atoms with Gasteiger partial charge in [-0.2, -0.15) is 0 Å². The van der Waals surface area contributed by atoms with Gasteiger partial charge in [0.15, 0.2) is 0 Å². The summed E-state index contributed by atoms with van der Waals surface area (Å²) in [5.74, 6) is 0. The maximum Gasteiger partial charge on any atom is 0.0225 e. The van der Waals surface area contributed by atoms with Gasteiger partial charge < -0.3 is 9.88 Å². The molecule has 0 fully saturated rings. The fraction of sp³-hybridized carbons (Fsp3) is 0.733. The third kappa shape index (κ3) is 6.52. The highest BCUT2D eigenvalue weighted by Crippen LogP contribution is 2.19. The van der Waals surface area contributed by atoms with Crippen LogP contribution in [0.25, 0.3) is 0 Å². The second kappa shape index (κ2) is 5.26. The molecular formula is C15H28N2. The van der Waals surface area contributed by atoms with Crippen molar-refractivity contribution in [2.75, 3.05) is 0 Å². The summed E-state index contributed by atoms with van der Waals surface area (Å²) in [6.07, 6.45) is 5.66. The number of aryl methyl sites for hydroxylation is 1. The lowest BCUT2D eigenvalue weighted by atomic mass is 9.92. The summed E-state index contributed by atoms with van der Waals surface area (Å²) in [4.78, 5) is 0. The van der Waals surface area contributed by atoms with Crippen LogP contribution < -0.4 is 5.32 Å². The monoisotopic (exact) mass is 236 g/mol. The van der Waals surface area contributed by atoms with Gasteiger partial charge in [0.05, 0.1) is 0 Å². The molecule has 0 aliphatic rings. The van der Waals surface area contributed by atoms with Crippen LogP contribution in [0.4, 0.5) is 0 Å². The summed E-state index contributed by atoms with van der Waals surface area (Å²) in [5.41, 5.74) is 1.97.